The van der Waals surface area contributed by atoms with Gasteiger partial charge in [0.1, 0.15) is 0 Å². The summed E-state index contributed by atoms with van der Waals surface area (Å²) in [7, 11) is 0. The first kappa shape index (κ1) is 15.4. The minimum Gasteiger partial charge on any atom is -0.330 e. The lowest BCUT2D eigenvalue weighted by atomic mass is 9.88. The lowest BCUT2D eigenvalue weighted by molar-refractivity contribution is 0.700. The van der Waals surface area contributed by atoms with Crippen molar-refractivity contribution in [2.24, 2.45) is 5.73 Å². The number of halogens is 2. The molecule has 0 spiro atoms. The van der Waals surface area contributed by atoms with Gasteiger partial charge in [0.15, 0.2) is 0 Å². The van der Waals surface area contributed by atoms with E-state index in [9.17, 15) is 0 Å². The number of hydrogen-bond acceptors (Lipinski definition) is 1. The summed E-state index contributed by atoms with van der Waals surface area (Å²) in [6, 6.07) is 20.4. The Labute approximate surface area is 140 Å². The molecular formula is C19H17Cl2N. The highest BCUT2D eigenvalue weighted by Gasteiger charge is 2.15. The molecule has 0 aliphatic carbocycles. The van der Waals surface area contributed by atoms with Crippen LogP contribution in [0.5, 0.6) is 0 Å². The van der Waals surface area contributed by atoms with E-state index in [2.05, 4.69) is 42.5 Å². The van der Waals surface area contributed by atoms with Crippen LogP contribution in [0.4, 0.5) is 0 Å². The summed E-state index contributed by atoms with van der Waals surface area (Å²) in [5.41, 5.74) is 8.40. The molecule has 0 radical (unpaired) electrons. The quantitative estimate of drug-likeness (QED) is 0.678. The summed E-state index contributed by atoms with van der Waals surface area (Å²) in [6.45, 7) is 0.576. The van der Waals surface area contributed by atoms with E-state index < -0.39 is 0 Å². The third-order valence-corrected chi connectivity index (χ3v) is 4.62. The normalized spacial score (nSPS) is 12.5. The van der Waals surface area contributed by atoms with Crippen LogP contribution < -0.4 is 5.73 Å². The van der Waals surface area contributed by atoms with E-state index in [0.29, 0.717) is 16.6 Å². The molecular weight excluding hydrogens is 313 g/mol. The van der Waals surface area contributed by atoms with Crippen molar-refractivity contribution in [1.29, 1.82) is 0 Å². The molecule has 0 aliphatic heterocycles. The molecule has 3 aromatic carbocycles. The maximum Gasteiger partial charge on any atom is 0.0453 e. The van der Waals surface area contributed by atoms with Gasteiger partial charge in [0.25, 0.3) is 0 Å². The van der Waals surface area contributed by atoms with E-state index in [1.54, 1.807) is 6.07 Å². The fraction of sp³-hybridized carbons (Fsp3) is 0.158. The van der Waals surface area contributed by atoms with Gasteiger partial charge in [-0.3, -0.25) is 0 Å². The van der Waals surface area contributed by atoms with Crippen LogP contribution in [0.15, 0.2) is 60.7 Å². The second-order valence-corrected chi connectivity index (χ2v) is 6.28. The third-order valence-electron chi connectivity index (χ3n) is 4.03. The zero-order valence-electron chi connectivity index (χ0n) is 12.1. The lowest BCUT2D eigenvalue weighted by Crippen LogP contribution is -2.15. The number of benzene rings is 3. The van der Waals surface area contributed by atoms with Crippen molar-refractivity contribution in [1.82, 2.24) is 0 Å². The Bertz CT molecular complexity index is 793. The summed E-state index contributed by atoms with van der Waals surface area (Å²) in [6.07, 6.45) is 0.806. The predicted molar refractivity (Wildman–Crippen MR) is 95.9 cm³/mol. The number of hydrogen-bond donors (Lipinski definition) is 1. The van der Waals surface area contributed by atoms with Gasteiger partial charge >= 0.3 is 0 Å². The highest BCUT2D eigenvalue weighted by Crippen LogP contribution is 2.30. The van der Waals surface area contributed by atoms with Gasteiger partial charge in [-0.1, -0.05) is 71.7 Å². The van der Waals surface area contributed by atoms with E-state index >= 15 is 0 Å². The highest BCUT2D eigenvalue weighted by molar-refractivity contribution is 6.35. The molecule has 1 nitrogen and oxygen atoms in total. The van der Waals surface area contributed by atoms with E-state index in [0.717, 1.165) is 12.0 Å². The van der Waals surface area contributed by atoms with Crippen LogP contribution in [0.3, 0.4) is 0 Å². The Hall–Kier alpha value is -1.54. The first-order valence-corrected chi connectivity index (χ1v) is 8.06. The molecule has 3 heteroatoms. The molecule has 3 rings (SSSR count). The van der Waals surface area contributed by atoms with Gasteiger partial charge < -0.3 is 5.73 Å². The minimum absolute atomic E-state index is 0.227. The molecule has 0 saturated heterocycles. The zero-order valence-corrected chi connectivity index (χ0v) is 13.6. The van der Waals surface area contributed by atoms with Crippen LogP contribution in [0.1, 0.15) is 17.0 Å². The molecule has 0 aliphatic rings. The topological polar surface area (TPSA) is 26.0 Å². The first-order valence-electron chi connectivity index (χ1n) is 7.30. The molecule has 3 aromatic rings. The Morgan fingerprint density at radius 2 is 1.68 bits per heavy atom. The van der Waals surface area contributed by atoms with Gasteiger partial charge in [-0.05, 0) is 47.0 Å². The molecule has 0 aromatic heterocycles. The molecule has 0 amide bonds. The number of rotatable bonds is 4. The van der Waals surface area contributed by atoms with Crippen molar-refractivity contribution in [2.45, 2.75) is 12.3 Å². The molecule has 0 fully saturated rings. The second kappa shape index (κ2) is 6.70. The van der Waals surface area contributed by atoms with Crippen molar-refractivity contribution < 1.29 is 0 Å². The Morgan fingerprint density at radius 1 is 0.909 bits per heavy atom. The summed E-state index contributed by atoms with van der Waals surface area (Å²) in [4.78, 5) is 0. The van der Waals surface area contributed by atoms with E-state index in [-0.39, 0.29) is 5.92 Å². The standard InChI is InChI=1S/C19H17Cl2N/c20-16-9-8-14(19(21)11-16)10-15(12-22)18-7-3-5-13-4-1-2-6-17(13)18/h1-9,11,15H,10,12,22H2. The summed E-state index contributed by atoms with van der Waals surface area (Å²) >= 11 is 12.3. The van der Waals surface area contributed by atoms with Crippen molar-refractivity contribution in [3.05, 3.63) is 81.8 Å². The van der Waals surface area contributed by atoms with Gasteiger partial charge in [0.05, 0.1) is 0 Å². The van der Waals surface area contributed by atoms with Crippen LogP contribution in [-0.2, 0) is 6.42 Å². The first-order chi connectivity index (χ1) is 10.7. The summed E-state index contributed by atoms with van der Waals surface area (Å²) in [5.74, 6) is 0.227. The molecule has 0 heterocycles. The highest BCUT2D eigenvalue weighted by atomic mass is 35.5. The monoisotopic (exact) mass is 329 g/mol. The second-order valence-electron chi connectivity index (χ2n) is 5.44. The zero-order chi connectivity index (χ0) is 15.5. The largest absolute Gasteiger partial charge is 0.330 e. The van der Waals surface area contributed by atoms with Crippen molar-refractivity contribution in [3.8, 4) is 0 Å². The van der Waals surface area contributed by atoms with Gasteiger partial charge in [-0.25, -0.2) is 0 Å². The van der Waals surface area contributed by atoms with Gasteiger partial charge in [0, 0.05) is 16.0 Å². The van der Waals surface area contributed by atoms with Crippen molar-refractivity contribution in [2.75, 3.05) is 6.54 Å². The fourth-order valence-electron chi connectivity index (χ4n) is 2.88. The number of fused-ring (bicyclic) bond motifs is 1. The van der Waals surface area contributed by atoms with E-state index in [1.165, 1.54) is 16.3 Å². The molecule has 0 saturated carbocycles. The molecule has 1 unspecified atom stereocenters. The molecule has 112 valence electrons. The molecule has 2 N–H and O–H groups in total. The van der Waals surface area contributed by atoms with Crippen molar-refractivity contribution in [3.63, 3.8) is 0 Å². The van der Waals surface area contributed by atoms with Crippen LogP contribution in [-0.4, -0.2) is 6.54 Å². The van der Waals surface area contributed by atoms with Crippen LogP contribution in [0.2, 0.25) is 10.0 Å². The van der Waals surface area contributed by atoms with E-state index in [1.807, 2.05) is 12.1 Å². The minimum atomic E-state index is 0.227. The van der Waals surface area contributed by atoms with Gasteiger partial charge in [0.2, 0.25) is 0 Å². The smallest absolute Gasteiger partial charge is 0.0453 e. The van der Waals surface area contributed by atoms with Crippen LogP contribution in [0, 0.1) is 0 Å². The average molecular weight is 330 g/mol. The van der Waals surface area contributed by atoms with E-state index in [4.69, 9.17) is 28.9 Å². The third kappa shape index (κ3) is 3.12. The molecule has 0 bridgehead atoms. The molecule has 22 heavy (non-hydrogen) atoms. The summed E-state index contributed by atoms with van der Waals surface area (Å²) in [5, 5.41) is 3.85. The van der Waals surface area contributed by atoms with Crippen LogP contribution in [0.25, 0.3) is 10.8 Å². The van der Waals surface area contributed by atoms with Gasteiger partial charge in [-0.15, -0.1) is 0 Å². The SMILES string of the molecule is NCC(Cc1ccc(Cl)cc1Cl)c1cccc2ccccc12. The molecule has 1 atom stereocenters. The Morgan fingerprint density at radius 3 is 2.45 bits per heavy atom. The number of nitrogens with two attached hydrogens (primary N) is 1. The Balaban J connectivity index is 1.99. The maximum absolute atomic E-state index is 6.31. The Kier molecular flexibility index (Phi) is 4.68. The fourth-order valence-corrected chi connectivity index (χ4v) is 3.37. The van der Waals surface area contributed by atoms with Crippen LogP contribution >= 0.6 is 23.2 Å². The predicted octanol–water partition coefficient (Wildman–Crippen LogP) is 5.43. The average Bonchev–Trinajstić information content (AvgIpc) is 2.54. The van der Waals surface area contributed by atoms with Crippen molar-refractivity contribution >= 4 is 34.0 Å². The van der Waals surface area contributed by atoms with Gasteiger partial charge in [-0.2, -0.15) is 0 Å². The summed E-state index contributed by atoms with van der Waals surface area (Å²) < 4.78 is 0. The maximum atomic E-state index is 6.31. The lowest BCUT2D eigenvalue weighted by Gasteiger charge is -2.18.